The number of benzene rings is 1. The maximum Gasteiger partial charge on any atom is 0.432 e. The Kier molecular flexibility index (Phi) is 8.88. The number of allylic oxidation sites excluding steroid dienone is 1. The molecule has 1 atom stereocenters. The highest BCUT2D eigenvalue weighted by Crippen LogP contribution is 2.26. The molecule has 1 rings (SSSR count). The lowest BCUT2D eigenvalue weighted by Crippen LogP contribution is -2.27. The standard InChI is InChI=1S/C16H16BrF4IN4O/c1-2-25-15(17)9(7-23)14(27)12(6-13(24)16(19,20)21)26-11-4-3-8(18)5-10(11)22/h3-7,14,23-27H,2H2,1H3/b12-6-,15-9+,23-7?,24-13?. The third-order valence-electron chi connectivity index (χ3n) is 3.15. The molecule has 0 saturated carbocycles. The lowest BCUT2D eigenvalue weighted by Gasteiger charge is -2.21. The van der Waals surface area contributed by atoms with Gasteiger partial charge >= 0.3 is 6.18 Å². The van der Waals surface area contributed by atoms with E-state index in [1.165, 1.54) is 6.07 Å². The van der Waals surface area contributed by atoms with Gasteiger partial charge in [-0.25, -0.2) is 4.39 Å². The zero-order valence-corrected chi connectivity index (χ0v) is 17.6. The molecule has 1 unspecified atom stereocenters. The lowest BCUT2D eigenvalue weighted by atomic mass is 10.1. The van der Waals surface area contributed by atoms with Crippen LogP contribution in [0.5, 0.6) is 0 Å². The number of nitrogens with one attached hydrogen (secondary N) is 4. The predicted octanol–water partition coefficient (Wildman–Crippen LogP) is 4.53. The predicted molar refractivity (Wildman–Crippen MR) is 109 cm³/mol. The molecule has 1 aromatic rings. The quantitative estimate of drug-likeness (QED) is 0.139. The molecule has 0 aromatic heterocycles. The van der Waals surface area contributed by atoms with Crippen LogP contribution in [0.2, 0.25) is 0 Å². The van der Waals surface area contributed by atoms with Crippen LogP contribution in [0.3, 0.4) is 0 Å². The van der Waals surface area contributed by atoms with E-state index in [1.807, 2.05) is 0 Å². The van der Waals surface area contributed by atoms with E-state index in [9.17, 15) is 22.7 Å². The lowest BCUT2D eigenvalue weighted by molar-refractivity contribution is -0.0584. The van der Waals surface area contributed by atoms with E-state index in [0.717, 1.165) is 18.3 Å². The SMILES string of the molecule is CCN/C(Br)=C(\C=N)C(O)/C(=C/C(=N)C(F)(F)F)Nc1ccc(F)cc1I. The van der Waals surface area contributed by atoms with Crippen LogP contribution < -0.4 is 10.6 Å². The fourth-order valence-electron chi connectivity index (χ4n) is 1.85. The third-order valence-corrected chi connectivity index (χ3v) is 4.78. The second-order valence-electron chi connectivity index (χ2n) is 5.11. The maximum atomic E-state index is 13.3. The van der Waals surface area contributed by atoms with Gasteiger partial charge in [0, 0.05) is 21.9 Å². The molecule has 0 amide bonds. The Balaban J connectivity index is 3.41. The largest absolute Gasteiger partial charge is 0.432 e. The Hall–Kier alpha value is -1.47. The van der Waals surface area contributed by atoms with Gasteiger partial charge in [0.05, 0.1) is 16.0 Å². The van der Waals surface area contributed by atoms with E-state index in [4.69, 9.17) is 10.8 Å². The van der Waals surface area contributed by atoms with Crippen molar-refractivity contribution in [2.75, 3.05) is 11.9 Å². The van der Waals surface area contributed by atoms with Crippen molar-refractivity contribution in [3.05, 3.63) is 49.5 Å². The molecule has 0 aliphatic carbocycles. The highest BCUT2D eigenvalue weighted by atomic mass is 127. The molecule has 0 heterocycles. The molecule has 0 bridgehead atoms. The number of rotatable bonds is 8. The van der Waals surface area contributed by atoms with Gasteiger partial charge in [0.15, 0.2) is 0 Å². The summed E-state index contributed by atoms with van der Waals surface area (Å²) in [7, 11) is 0. The van der Waals surface area contributed by atoms with Gasteiger partial charge in [0.1, 0.15) is 17.6 Å². The summed E-state index contributed by atoms with van der Waals surface area (Å²) in [6.45, 7) is 2.19. The van der Waals surface area contributed by atoms with Crippen LogP contribution >= 0.6 is 38.5 Å². The van der Waals surface area contributed by atoms with Crippen molar-refractivity contribution < 1.29 is 22.7 Å². The molecule has 0 aliphatic rings. The van der Waals surface area contributed by atoms with E-state index < -0.39 is 29.5 Å². The summed E-state index contributed by atoms with van der Waals surface area (Å²) in [4.78, 5) is 0. The Morgan fingerprint density at radius 2 is 2.04 bits per heavy atom. The first-order chi connectivity index (χ1) is 12.5. The van der Waals surface area contributed by atoms with Gasteiger partial charge in [0.25, 0.3) is 0 Å². The smallest absolute Gasteiger partial charge is 0.382 e. The van der Waals surface area contributed by atoms with Crippen LogP contribution in [0, 0.1) is 20.2 Å². The fraction of sp³-hybridized carbons (Fsp3) is 0.250. The van der Waals surface area contributed by atoms with Gasteiger partial charge < -0.3 is 21.1 Å². The molecule has 0 saturated heterocycles. The summed E-state index contributed by atoms with van der Waals surface area (Å²) in [5, 5.41) is 30.6. The van der Waals surface area contributed by atoms with Crippen molar-refractivity contribution >= 4 is 56.1 Å². The molecular formula is C16H16BrF4IN4O. The Labute approximate surface area is 175 Å². The Morgan fingerprint density at radius 3 is 2.52 bits per heavy atom. The minimum absolute atomic E-state index is 0.0531. The average molecular weight is 563 g/mol. The first-order valence-electron chi connectivity index (χ1n) is 7.42. The zero-order valence-electron chi connectivity index (χ0n) is 13.9. The summed E-state index contributed by atoms with van der Waals surface area (Å²) in [5.41, 5.74) is -1.90. The molecule has 11 heteroatoms. The number of hydrogen-bond donors (Lipinski definition) is 5. The van der Waals surface area contributed by atoms with Crippen molar-refractivity contribution in [3.8, 4) is 0 Å². The van der Waals surface area contributed by atoms with Gasteiger partial charge in [-0.05, 0) is 69.7 Å². The Morgan fingerprint density at radius 1 is 1.41 bits per heavy atom. The summed E-state index contributed by atoms with van der Waals surface area (Å²) in [5.74, 6) is -0.533. The molecule has 1 aromatic carbocycles. The van der Waals surface area contributed by atoms with Crippen molar-refractivity contribution in [1.82, 2.24) is 5.32 Å². The molecular weight excluding hydrogens is 547 g/mol. The monoisotopic (exact) mass is 562 g/mol. The number of alkyl halides is 3. The van der Waals surface area contributed by atoms with Gasteiger partial charge in [-0.2, -0.15) is 13.2 Å². The average Bonchev–Trinajstić information content (AvgIpc) is 2.56. The number of halogens is 6. The van der Waals surface area contributed by atoms with Crippen molar-refractivity contribution in [2.45, 2.75) is 19.2 Å². The van der Waals surface area contributed by atoms with Gasteiger partial charge in [-0.3, -0.25) is 5.41 Å². The maximum absolute atomic E-state index is 13.3. The van der Waals surface area contributed by atoms with Crippen molar-refractivity contribution in [2.24, 2.45) is 0 Å². The summed E-state index contributed by atoms with van der Waals surface area (Å²) in [6, 6.07) is 3.55. The van der Waals surface area contributed by atoms with Crippen LogP contribution in [-0.2, 0) is 0 Å². The second kappa shape index (κ2) is 10.2. The molecule has 0 spiro atoms. The minimum atomic E-state index is -4.92. The fourth-order valence-corrected chi connectivity index (χ4v) is 3.08. The van der Waals surface area contributed by atoms with Crippen molar-refractivity contribution in [1.29, 1.82) is 10.8 Å². The number of hydrogen-bond acceptors (Lipinski definition) is 5. The summed E-state index contributed by atoms with van der Waals surface area (Å²) >= 11 is 4.90. The number of anilines is 1. The Bertz CT molecular complexity index is 780. The van der Waals surface area contributed by atoms with E-state index in [2.05, 4.69) is 26.6 Å². The van der Waals surface area contributed by atoms with Crippen LogP contribution in [0.1, 0.15) is 6.92 Å². The molecule has 0 fully saturated rings. The second-order valence-corrected chi connectivity index (χ2v) is 7.06. The van der Waals surface area contributed by atoms with Crippen LogP contribution in [0.4, 0.5) is 23.2 Å². The first kappa shape index (κ1) is 23.6. The summed E-state index contributed by atoms with van der Waals surface area (Å²) in [6.07, 6.45) is -5.39. The third kappa shape index (κ3) is 6.88. The van der Waals surface area contributed by atoms with E-state index in [0.29, 0.717) is 16.2 Å². The van der Waals surface area contributed by atoms with Crippen LogP contribution in [-0.4, -0.2) is 35.9 Å². The van der Waals surface area contributed by atoms with Gasteiger partial charge in [-0.1, -0.05) is 0 Å². The highest BCUT2D eigenvalue weighted by molar-refractivity contribution is 14.1. The summed E-state index contributed by atoms with van der Waals surface area (Å²) < 4.78 is 52.2. The first-order valence-corrected chi connectivity index (χ1v) is 9.29. The van der Waals surface area contributed by atoms with Crippen LogP contribution in [0.15, 0.2) is 40.2 Å². The van der Waals surface area contributed by atoms with Crippen LogP contribution in [0.25, 0.3) is 0 Å². The molecule has 5 N–H and O–H groups in total. The van der Waals surface area contributed by atoms with E-state index in [1.54, 1.807) is 29.5 Å². The zero-order chi connectivity index (χ0) is 20.8. The normalized spacial score (nSPS) is 14.3. The molecule has 5 nitrogen and oxygen atoms in total. The highest BCUT2D eigenvalue weighted by Gasteiger charge is 2.34. The minimum Gasteiger partial charge on any atom is -0.382 e. The van der Waals surface area contributed by atoms with Gasteiger partial charge in [0.2, 0.25) is 0 Å². The number of aliphatic hydroxyl groups is 1. The number of aliphatic hydroxyl groups excluding tert-OH is 1. The van der Waals surface area contributed by atoms with E-state index >= 15 is 0 Å². The molecule has 148 valence electrons. The van der Waals surface area contributed by atoms with E-state index in [-0.39, 0.29) is 15.9 Å². The van der Waals surface area contributed by atoms with Gasteiger partial charge in [-0.15, -0.1) is 0 Å². The molecule has 0 aliphatic heterocycles. The van der Waals surface area contributed by atoms with Crippen molar-refractivity contribution in [3.63, 3.8) is 0 Å². The molecule has 0 radical (unpaired) electrons. The molecule has 27 heavy (non-hydrogen) atoms. The topological polar surface area (TPSA) is 92.0 Å².